The molecule has 25 heavy (non-hydrogen) atoms. The van der Waals surface area contributed by atoms with Crippen LogP contribution in [-0.4, -0.2) is 87.9 Å². The molecule has 0 bridgehead atoms. The van der Waals surface area contributed by atoms with Crippen molar-refractivity contribution in [1.82, 2.24) is 20.4 Å². The predicted octanol–water partition coefficient (Wildman–Crippen LogP) is 1.24. The van der Waals surface area contributed by atoms with E-state index < -0.39 is 0 Å². The number of rotatable bonds is 8. The van der Waals surface area contributed by atoms with Crippen molar-refractivity contribution >= 4 is 5.96 Å². The van der Waals surface area contributed by atoms with Crippen LogP contribution in [0.1, 0.15) is 33.6 Å². The fraction of sp³-hybridized carbons (Fsp3) is 0.947. The Morgan fingerprint density at radius 2 is 1.76 bits per heavy atom. The van der Waals surface area contributed by atoms with Gasteiger partial charge in [0.2, 0.25) is 0 Å². The van der Waals surface area contributed by atoms with Crippen LogP contribution in [0, 0.1) is 11.8 Å². The monoisotopic (exact) mass is 353 g/mol. The van der Waals surface area contributed by atoms with Gasteiger partial charge in [0.1, 0.15) is 0 Å². The molecule has 2 atom stereocenters. The van der Waals surface area contributed by atoms with E-state index in [0.29, 0.717) is 0 Å². The maximum atomic E-state index is 5.39. The van der Waals surface area contributed by atoms with Gasteiger partial charge in [-0.15, -0.1) is 0 Å². The molecule has 146 valence electrons. The van der Waals surface area contributed by atoms with Crippen LogP contribution in [0.15, 0.2) is 4.99 Å². The molecule has 2 rings (SSSR count). The molecule has 2 saturated heterocycles. The van der Waals surface area contributed by atoms with Gasteiger partial charge in [-0.3, -0.25) is 9.89 Å². The maximum absolute atomic E-state index is 5.39. The summed E-state index contributed by atoms with van der Waals surface area (Å²) in [5.74, 6) is 2.63. The Morgan fingerprint density at radius 1 is 1.04 bits per heavy atom. The van der Waals surface area contributed by atoms with E-state index in [4.69, 9.17) is 9.73 Å². The van der Waals surface area contributed by atoms with Crippen LogP contribution in [0.2, 0.25) is 0 Å². The van der Waals surface area contributed by atoms with Gasteiger partial charge in [0.15, 0.2) is 5.96 Å². The van der Waals surface area contributed by atoms with Crippen molar-refractivity contribution in [3.05, 3.63) is 0 Å². The molecule has 2 aliphatic heterocycles. The Hall–Kier alpha value is -0.850. The van der Waals surface area contributed by atoms with Crippen LogP contribution in [0.5, 0.6) is 0 Å². The van der Waals surface area contributed by atoms with E-state index in [9.17, 15) is 0 Å². The normalized spacial score (nSPS) is 26.6. The topological polar surface area (TPSA) is 52.1 Å². The van der Waals surface area contributed by atoms with Crippen molar-refractivity contribution in [2.75, 3.05) is 72.1 Å². The lowest BCUT2D eigenvalue weighted by atomic mass is 9.92. The highest BCUT2D eigenvalue weighted by molar-refractivity contribution is 5.79. The second kappa shape index (κ2) is 11.7. The van der Waals surface area contributed by atoms with Crippen molar-refractivity contribution in [1.29, 1.82) is 0 Å². The van der Waals surface area contributed by atoms with Crippen molar-refractivity contribution in [3.63, 3.8) is 0 Å². The summed E-state index contributed by atoms with van der Waals surface area (Å²) in [6, 6.07) is 0. The van der Waals surface area contributed by atoms with Crippen LogP contribution in [0.25, 0.3) is 0 Å². The molecule has 0 aliphatic carbocycles. The number of likely N-dealkylation sites (tertiary alicyclic amines) is 1. The molecule has 6 heteroatoms. The second-order valence-corrected chi connectivity index (χ2v) is 7.70. The summed E-state index contributed by atoms with van der Waals surface area (Å²) in [7, 11) is 0. The van der Waals surface area contributed by atoms with E-state index in [1.807, 2.05) is 0 Å². The average Bonchev–Trinajstić information content (AvgIpc) is 2.59. The summed E-state index contributed by atoms with van der Waals surface area (Å²) in [5, 5.41) is 6.82. The number of hydrogen-bond donors (Lipinski definition) is 2. The molecule has 2 fully saturated rings. The van der Waals surface area contributed by atoms with Gasteiger partial charge in [-0.25, -0.2) is 0 Å². The first-order chi connectivity index (χ1) is 12.2. The summed E-state index contributed by atoms with van der Waals surface area (Å²) in [6.07, 6.45) is 2.52. The molecule has 0 saturated carbocycles. The van der Waals surface area contributed by atoms with Crippen LogP contribution >= 0.6 is 0 Å². The zero-order chi connectivity index (χ0) is 17.9. The average molecular weight is 354 g/mol. The van der Waals surface area contributed by atoms with E-state index in [1.165, 1.54) is 26.1 Å². The highest BCUT2D eigenvalue weighted by Gasteiger charge is 2.20. The number of morpholine rings is 1. The minimum absolute atomic E-state index is 0.839. The molecular weight excluding hydrogens is 314 g/mol. The maximum Gasteiger partial charge on any atom is 0.191 e. The SMILES string of the molecule is CCNC(=NCCCN1CC(C)CC(C)C1)NCCN1CCOCC1. The van der Waals surface area contributed by atoms with Gasteiger partial charge in [-0.2, -0.15) is 0 Å². The first-order valence-electron chi connectivity index (χ1n) is 10.2. The number of aliphatic imine (C=N–C) groups is 1. The van der Waals surface area contributed by atoms with E-state index >= 15 is 0 Å². The highest BCUT2D eigenvalue weighted by atomic mass is 16.5. The molecule has 0 aromatic carbocycles. The largest absolute Gasteiger partial charge is 0.379 e. The molecule has 0 aromatic rings. The van der Waals surface area contributed by atoms with E-state index in [2.05, 4.69) is 41.2 Å². The fourth-order valence-electron chi connectivity index (χ4n) is 3.96. The molecule has 0 radical (unpaired) electrons. The van der Waals surface area contributed by atoms with Crippen LogP contribution < -0.4 is 10.6 Å². The van der Waals surface area contributed by atoms with E-state index in [0.717, 1.165) is 76.7 Å². The lowest BCUT2D eigenvalue weighted by Gasteiger charge is -2.34. The summed E-state index contributed by atoms with van der Waals surface area (Å²) >= 11 is 0. The van der Waals surface area contributed by atoms with Gasteiger partial charge >= 0.3 is 0 Å². The number of piperidine rings is 1. The number of ether oxygens (including phenoxy) is 1. The minimum atomic E-state index is 0.839. The highest BCUT2D eigenvalue weighted by Crippen LogP contribution is 2.20. The molecule has 2 unspecified atom stereocenters. The summed E-state index contributed by atoms with van der Waals surface area (Å²) < 4.78 is 5.39. The Morgan fingerprint density at radius 3 is 2.44 bits per heavy atom. The van der Waals surface area contributed by atoms with E-state index in [1.54, 1.807) is 0 Å². The zero-order valence-corrected chi connectivity index (χ0v) is 16.6. The molecule has 2 N–H and O–H groups in total. The fourth-order valence-corrected chi connectivity index (χ4v) is 3.96. The molecule has 0 amide bonds. The summed E-state index contributed by atoms with van der Waals surface area (Å²) in [6.45, 7) is 18.2. The first-order valence-corrected chi connectivity index (χ1v) is 10.2. The van der Waals surface area contributed by atoms with Gasteiger partial charge in [0.05, 0.1) is 13.2 Å². The summed E-state index contributed by atoms with van der Waals surface area (Å²) in [4.78, 5) is 9.80. The number of hydrogen-bond acceptors (Lipinski definition) is 4. The third-order valence-electron chi connectivity index (χ3n) is 5.02. The van der Waals surface area contributed by atoms with Gasteiger partial charge < -0.3 is 20.3 Å². The van der Waals surface area contributed by atoms with Gasteiger partial charge in [-0.05, 0) is 38.1 Å². The Kier molecular flexibility index (Phi) is 9.58. The number of nitrogens with zero attached hydrogens (tertiary/aromatic N) is 3. The van der Waals surface area contributed by atoms with Crippen LogP contribution in [-0.2, 0) is 4.74 Å². The van der Waals surface area contributed by atoms with Gasteiger partial charge in [0, 0.05) is 52.4 Å². The number of guanidine groups is 1. The quantitative estimate of drug-likeness (QED) is 0.391. The standard InChI is InChI=1S/C19H39N5O/c1-4-20-19(22-7-9-23-10-12-25-13-11-23)21-6-5-8-24-15-17(2)14-18(3)16-24/h17-18H,4-16H2,1-3H3,(H2,20,21,22). The van der Waals surface area contributed by atoms with Crippen LogP contribution in [0.3, 0.4) is 0 Å². The summed E-state index contributed by atoms with van der Waals surface area (Å²) in [5.41, 5.74) is 0. The molecule has 2 heterocycles. The first kappa shape index (κ1) is 20.5. The van der Waals surface area contributed by atoms with Crippen molar-refractivity contribution < 1.29 is 4.74 Å². The Balaban J connectivity index is 1.62. The number of nitrogens with one attached hydrogen (secondary N) is 2. The second-order valence-electron chi connectivity index (χ2n) is 7.70. The van der Waals surface area contributed by atoms with E-state index in [-0.39, 0.29) is 0 Å². The van der Waals surface area contributed by atoms with Gasteiger partial charge in [-0.1, -0.05) is 13.8 Å². The molecule has 6 nitrogen and oxygen atoms in total. The zero-order valence-electron chi connectivity index (χ0n) is 16.6. The third-order valence-corrected chi connectivity index (χ3v) is 5.02. The molecule has 2 aliphatic rings. The lowest BCUT2D eigenvalue weighted by Crippen LogP contribution is -2.44. The predicted molar refractivity (Wildman–Crippen MR) is 105 cm³/mol. The lowest BCUT2D eigenvalue weighted by molar-refractivity contribution is 0.0389. The third kappa shape index (κ3) is 8.38. The van der Waals surface area contributed by atoms with Crippen molar-refractivity contribution in [3.8, 4) is 0 Å². The van der Waals surface area contributed by atoms with Gasteiger partial charge in [0.25, 0.3) is 0 Å². The minimum Gasteiger partial charge on any atom is -0.379 e. The smallest absolute Gasteiger partial charge is 0.191 e. The molecule has 0 aromatic heterocycles. The van der Waals surface area contributed by atoms with Crippen molar-refractivity contribution in [2.24, 2.45) is 16.8 Å². The molecular formula is C19H39N5O. The molecule has 0 spiro atoms. The van der Waals surface area contributed by atoms with Crippen molar-refractivity contribution in [2.45, 2.75) is 33.6 Å². The van der Waals surface area contributed by atoms with Crippen LogP contribution in [0.4, 0.5) is 0 Å². The Labute approximate surface area is 154 Å². The Bertz CT molecular complexity index is 374.